The number of ether oxygens (including phenoxy) is 2. The molecule has 0 spiro atoms. The number of hydrogen-bond donors (Lipinski definition) is 2. The second-order valence-corrected chi connectivity index (χ2v) is 14.6. The van der Waals surface area contributed by atoms with Gasteiger partial charge in [0.25, 0.3) is 0 Å². The molecule has 0 aliphatic heterocycles. The van der Waals surface area contributed by atoms with Crippen LogP contribution in [0.2, 0.25) is 0 Å². The quantitative estimate of drug-likeness (QED) is 0.0523. The first-order chi connectivity index (χ1) is 22.2. The molecular weight excluding hydrogens is 574 g/mol. The van der Waals surface area contributed by atoms with Crippen molar-refractivity contribution in [3.05, 3.63) is 0 Å². The van der Waals surface area contributed by atoms with Crippen LogP contribution < -0.4 is 5.32 Å². The Kier molecular flexibility index (Phi) is 31.6. The van der Waals surface area contributed by atoms with Gasteiger partial charge in [-0.1, -0.05) is 156 Å². The largest absolute Gasteiger partial charge is 0.466 e. The highest BCUT2D eigenvalue weighted by molar-refractivity contribution is 5.75. The summed E-state index contributed by atoms with van der Waals surface area (Å²) in [7, 11) is 0. The van der Waals surface area contributed by atoms with Crippen LogP contribution in [0.3, 0.4) is 0 Å². The zero-order valence-corrected chi connectivity index (χ0v) is 31.4. The Morgan fingerprint density at radius 1 is 0.587 bits per heavy atom. The molecule has 2 N–H and O–H groups in total. The van der Waals surface area contributed by atoms with E-state index >= 15 is 0 Å². The molecule has 0 aromatic heterocycles. The first-order valence-electron chi connectivity index (χ1n) is 20.0. The summed E-state index contributed by atoms with van der Waals surface area (Å²) < 4.78 is 11.3. The fraction of sp³-hybridized carbons (Fsp3) is 0.950. The van der Waals surface area contributed by atoms with Crippen LogP contribution in [0.4, 0.5) is 0 Å². The Morgan fingerprint density at radius 3 is 1.63 bits per heavy atom. The van der Waals surface area contributed by atoms with Crippen LogP contribution in [0.25, 0.3) is 0 Å². The molecule has 0 bridgehead atoms. The molecule has 0 aromatic carbocycles. The maximum Gasteiger partial charge on any atom is 0.323 e. The van der Waals surface area contributed by atoms with Crippen molar-refractivity contribution in [3.63, 3.8) is 0 Å². The average Bonchev–Trinajstić information content (AvgIpc) is 3.02. The zero-order chi connectivity index (χ0) is 34.1. The van der Waals surface area contributed by atoms with E-state index in [0.717, 1.165) is 57.8 Å². The number of hydrogen-bond acceptors (Lipinski definition) is 6. The molecule has 0 saturated heterocycles. The molecule has 1 atom stereocenters. The highest BCUT2D eigenvalue weighted by Crippen LogP contribution is 2.22. The van der Waals surface area contributed by atoms with E-state index < -0.39 is 5.60 Å². The summed E-state index contributed by atoms with van der Waals surface area (Å²) in [4.78, 5) is 25.2. The third-order valence-corrected chi connectivity index (χ3v) is 9.25. The van der Waals surface area contributed by atoms with E-state index in [2.05, 4.69) is 26.1 Å². The maximum atomic E-state index is 13.1. The maximum absolute atomic E-state index is 13.1. The van der Waals surface area contributed by atoms with Crippen LogP contribution >= 0.6 is 0 Å². The number of carbonyl (C=O) groups is 2. The number of aliphatic hydroxyl groups is 1. The van der Waals surface area contributed by atoms with Gasteiger partial charge >= 0.3 is 11.9 Å². The normalized spacial score (nSPS) is 12.5. The predicted octanol–water partition coefficient (Wildman–Crippen LogP) is 11.0. The fourth-order valence-corrected chi connectivity index (χ4v) is 6.08. The lowest BCUT2D eigenvalue weighted by atomic mass is 9.92. The van der Waals surface area contributed by atoms with Crippen molar-refractivity contribution < 1.29 is 24.2 Å². The Labute approximate surface area is 286 Å². The van der Waals surface area contributed by atoms with Gasteiger partial charge in [0.2, 0.25) is 0 Å². The van der Waals surface area contributed by atoms with Crippen molar-refractivity contribution >= 4 is 11.9 Å². The van der Waals surface area contributed by atoms with E-state index in [1.54, 1.807) is 13.8 Å². The first-order valence-corrected chi connectivity index (χ1v) is 20.0. The van der Waals surface area contributed by atoms with Crippen molar-refractivity contribution in [2.24, 2.45) is 5.92 Å². The number of esters is 2. The second kappa shape index (κ2) is 32.4. The molecule has 0 radical (unpaired) electrons. The second-order valence-electron chi connectivity index (χ2n) is 14.6. The third kappa shape index (κ3) is 31.5. The average molecular weight is 654 g/mol. The predicted molar refractivity (Wildman–Crippen MR) is 195 cm³/mol. The molecule has 6 heteroatoms. The molecule has 1 unspecified atom stereocenters. The molecule has 0 fully saturated rings. The van der Waals surface area contributed by atoms with Crippen LogP contribution in [0.5, 0.6) is 0 Å². The monoisotopic (exact) mass is 654 g/mol. The minimum Gasteiger partial charge on any atom is -0.466 e. The molecule has 0 aliphatic rings. The molecule has 0 heterocycles. The van der Waals surface area contributed by atoms with Gasteiger partial charge in [0.1, 0.15) is 6.04 Å². The Balaban J connectivity index is 4.35. The van der Waals surface area contributed by atoms with Crippen LogP contribution in [-0.4, -0.2) is 48.4 Å². The van der Waals surface area contributed by atoms with Crippen molar-refractivity contribution in [1.82, 2.24) is 5.32 Å². The van der Waals surface area contributed by atoms with Crippen LogP contribution in [-0.2, 0) is 19.1 Å². The topological polar surface area (TPSA) is 84.9 Å². The van der Waals surface area contributed by atoms with Gasteiger partial charge in [0, 0.05) is 6.42 Å². The highest BCUT2D eigenvalue weighted by atomic mass is 16.5. The van der Waals surface area contributed by atoms with Gasteiger partial charge in [0.05, 0.1) is 18.8 Å². The van der Waals surface area contributed by atoms with E-state index in [1.807, 2.05) is 0 Å². The van der Waals surface area contributed by atoms with Crippen LogP contribution in [0, 0.1) is 5.92 Å². The smallest absolute Gasteiger partial charge is 0.323 e. The number of unbranched alkanes of at least 4 members (excludes halogenated alkanes) is 17. The minimum atomic E-state index is -0.765. The summed E-state index contributed by atoms with van der Waals surface area (Å²) in [5.74, 6) is 0.433. The van der Waals surface area contributed by atoms with E-state index in [1.165, 1.54) is 103 Å². The Hall–Kier alpha value is -1.14. The van der Waals surface area contributed by atoms with Gasteiger partial charge in [-0.3, -0.25) is 9.59 Å². The van der Waals surface area contributed by atoms with E-state index in [4.69, 9.17) is 9.47 Å². The number of nitrogens with one attached hydrogen (secondary N) is 1. The molecule has 0 saturated carbocycles. The molecule has 0 aliphatic carbocycles. The van der Waals surface area contributed by atoms with Crippen molar-refractivity contribution in [2.75, 3.05) is 19.8 Å². The molecule has 0 amide bonds. The lowest BCUT2D eigenvalue weighted by Crippen LogP contribution is -2.40. The lowest BCUT2D eigenvalue weighted by Gasteiger charge is -2.22. The first kappa shape index (κ1) is 44.9. The summed E-state index contributed by atoms with van der Waals surface area (Å²) >= 11 is 0. The molecule has 0 aromatic rings. The van der Waals surface area contributed by atoms with Gasteiger partial charge in [-0.25, -0.2) is 0 Å². The van der Waals surface area contributed by atoms with Gasteiger partial charge in [-0.15, -0.1) is 0 Å². The van der Waals surface area contributed by atoms with Gasteiger partial charge in [0.15, 0.2) is 0 Å². The summed E-state index contributed by atoms with van der Waals surface area (Å²) in [6, 6.07) is -0.332. The molecule has 6 nitrogen and oxygen atoms in total. The van der Waals surface area contributed by atoms with E-state index in [9.17, 15) is 14.7 Å². The van der Waals surface area contributed by atoms with Crippen molar-refractivity contribution in [1.29, 1.82) is 0 Å². The Bertz CT molecular complexity index is 665. The molecular formula is C40H79NO5. The van der Waals surface area contributed by atoms with Crippen molar-refractivity contribution in [3.8, 4) is 0 Å². The SMILES string of the molecule is CCCCCCCCCCOC(=O)CCCCCCCC(NCCC(C)(C)O)C(=O)OCCC(CCCCCC)CCCCCC. The zero-order valence-electron chi connectivity index (χ0n) is 31.4. The van der Waals surface area contributed by atoms with Crippen LogP contribution in [0.1, 0.15) is 208 Å². The lowest BCUT2D eigenvalue weighted by molar-refractivity contribution is -0.147. The van der Waals surface area contributed by atoms with E-state index in [0.29, 0.717) is 38.5 Å². The fourth-order valence-electron chi connectivity index (χ4n) is 6.08. The van der Waals surface area contributed by atoms with Crippen LogP contribution in [0.15, 0.2) is 0 Å². The molecule has 0 rings (SSSR count). The summed E-state index contributed by atoms with van der Waals surface area (Å²) in [5.41, 5.74) is -0.765. The van der Waals surface area contributed by atoms with Gasteiger partial charge in [-0.2, -0.15) is 0 Å². The van der Waals surface area contributed by atoms with E-state index in [-0.39, 0.29) is 18.0 Å². The standard InChI is InChI=1S/C40H79NO5/c1-6-9-12-15-16-17-21-26-34-45-38(42)30-25-20-18-19-24-29-37(41-33-32-40(4,5)44)39(43)46-35-31-36(27-22-13-10-7-2)28-23-14-11-8-3/h36-37,41,44H,6-35H2,1-5H3. The van der Waals surface area contributed by atoms with Gasteiger partial charge in [-0.05, 0) is 58.4 Å². The molecule has 46 heavy (non-hydrogen) atoms. The Morgan fingerprint density at radius 2 is 1.07 bits per heavy atom. The van der Waals surface area contributed by atoms with Crippen molar-refractivity contribution in [2.45, 2.75) is 220 Å². The third-order valence-electron chi connectivity index (χ3n) is 9.25. The summed E-state index contributed by atoms with van der Waals surface area (Å²) in [6.45, 7) is 12.0. The number of rotatable bonds is 35. The summed E-state index contributed by atoms with van der Waals surface area (Å²) in [5, 5.41) is 13.5. The van der Waals surface area contributed by atoms with Gasteiger partial charge < -0.3 is 19.9 Å². The molecule has 274 valence electrons. The minimum absolute atomic E-state index is 0.0640. The highest BCUT2D eigenvalue weighted by Gasteiger charge is 2.21. The summed E-state index contributed by atoms with van der Waals surface area (Å²) in [6.07, 6.45) is 30.4. The number of carbonyl (C=O) groups excluding carboxylic acids is 2.